The molecule has 0 spiro atoms. The fourth-order valence-corrected chi connectivity index (χ4v) is 4.37. The van der Waals surface area contributed by atoms with Crippen molar-refractivity contribution in [1.29, 1.82) is 0 Å². The molecule has 0 bridgehead atoms. The molecule has 7 nitrogen and oxygen atoms in total. The molecule has 1 unspecified atom stereocenters. The van der Waals surface area contributed by atoms with Gasteiger partial charge in [0, 0.05) is 44.0 Å². The number of urea groups is 1. The van der Waals surface area contributed by atoms with E-state index in [1.807, 2.05) is 51.5 Å². The normalized spacial score (nSPS) is 16.0. The van der Waals surface area contributed by atoms with Gasteiger partial charge in [0.15, 0.2) is 4.96 Å². The highest BCUT2D eigenvalue weighted by atomic mass is 32.1. The molecule has 3 amide bonds. The number of fused-ring (bicyclic) bond motifs is 1. The number of carbonyl (C=O) groups is 2. The summed E-state index contributed by atoms with van der Waals surface area (Å²) >= 11 is 3.01. The monoisotopic (exact) mass is 389 g/mol. The van der Waals surface area contributed by atoms with E-state index in [0.717, 1.165) is 15.5 Å². The standard InChI is InChI=1S/C17H19N5O2S2/c1-12(13-11-22-8-10-26-17(22)19-13)18-16(24)21-6-4-20(5-7-21)15(23)14-3-2-9-25-14/h2-3,8-12H,4-7H2,1H3,(H,18,24). The number of thiophene rings is 1. The smallest absolute Gasteiger partial charge is 0.318 e. The molecule has 136 valence electrons. The number of hydrogen-bond donors (Lipinski definition) is 1. The number of rotatable bonds is 3. The highest BCUT2D eigenvalue weighted by Crippen LogP contribution is 2.18. The van der Waals surface area contributed by atoms with Crippen LogP contribution in [0.4, 0.5) is 4.79 Å². The Bertz CT molecular complexity index is 880. The van der Waals surface area contributed by atoms with Crippen LogP contribution >= 0.6 is 22.7 Å². The van der Waals surface area contributed by atoms with Gasteiger partial charge < -0.3 is 15.1 Å². The van der Waals surface area contributed by atoms with Crippen molar-refractivity contribution in [3.05, 3.63) is 45.9 Å². The Morgan fingerprint density at radius 1 is 1.15 bits per heavy atom. The lowest BCUT2D eigenvalue weighted by Gasteiger charge is -2.35. The van der Waals surface area contributed by atoms with Crippen LogP contribution in [0.25, 0.3) is 4.96 Å². The number of piperazine rings is 1. The van der Waals surface area contributed by atoms with E-state index in [-0.39, 0.29) is 18.0 Å². The number of aromatic nitrogens is 2. The molecule has 3 aromatic rings. The van der Waals surface area contributed by atoms with Crippen LogP contribution in [0.5, 0.6) is 0 Å². The van der Waals surface area contributed by atoms with Gasteiger partial charge in [-0.25, -0.2) is 9.78 Å². The molecule has 1 saturated heterocycles. The maximum Gasteiger partial charge on any atom is 0.318 e. The van der Waals surface area contributed by atoms with E-state index in [1.54, 1.807) is 16.2 Å². The lowest BCUT2D eigenvalue weighted by molar-refractivity contribution is 0.0668. The molecule has 0 radical (unpaired) electrons. The van der Waals surface area contributed by atoms with E-state index >= 15 is 0 Å². The second-order valence-corrected chi connectivity index (χ2v) is 8.01. The number of amides is 3. The van der Waals surface area contributed by atoms with Gasteiger partial charge in [-0.2, -0.15) is 0 Å². The van der Waals surface area contributed by atoms with Crippen molar-refractivity contribution in [3.8, 4) is 0 Å². The molecule has 1 atom stereocenters. The first-order valence-electron chi connectivity index (χ1n) is 8.42. The average molecular weight is 390 g/mol. The third-order valence-corrected chi connectivity index (χ3v) is 6.11. The molecule has 0 aliphatic carbocycles. The van der Waals surface area contributed by atoms with Gasteiger partial charge in [0.2, 0.25) is 0 Å². The van der Waals surface area contributed by atoms with Crippen LogP contribution in [0.15, 0.2) is 35.3 Å². The van der Waals surface area contributed by atoms with Crippen LogP contribution < -0.4 is 5.32 Å². The molecule has 1 fully saturated rings. The Labute approximate surface area is 158 Å². The van der Waals surface area contributed by atoms with E-state index in [4.69, 9.17) is 0 Å². The van der Waals surface area contributed by atoms with Gasteiger partial charge in [-0.1, -0.05) is 6.07 Å². The Morgan fingerprint density at radius 3 is 2.62 bits per heavy atom. The van der Waals surface area contributed by atoms with Crippen molar-refractivity contribution in [2.24, 2.45) is 0 Å². The van der Waals surface area contributed by atoms with Crippen molar-refractivity contribution in [2.45, 2.75) is 13.0 Å². The highest BCUT2D eigenvalue weighted by molar-refractivity contribution is 7.15. The Hall–Kier alpha value is -2.39. The number of nitrogens with zero attached hydrogens (tertiary/aromatic N) is 4. The molecule has 0 aromatic carbocycles. The van der Waals surface area contributed by atoms with Crippen LogP contribution in [0.2, 0.25) is 0 Å². The molecule has 3 aromatic heterocycles. The molecular weight excluding hydrogens is 370 g/mol. The molecule has 1 aliphatic heterocycles. The topological polar surface area (TPSA) is 70.0 Å². The predicted octanol–water partition coefficient (Wildman–Crippen LogP) is 2.69. The van der Waals surface area contributed by atoms with Crippen LogP contribution in [0.1, 0.15) is 28.3 Å². The molecule has 1 aliphatic rings. The van der Waals surface area contributed by atoms with Gasteiger partial charge in [0.1, 0.15) is 0 Å². The van der Waals surface area contributed by atoms with Crippen molar-refractivity contribution < 1.29 is 9.59 Å². The fraction of sp³-hybridized carbons (Fsp3) is 0.353. The van der Waals surface area contributed by atoms with Gasteiger partial charge in [-0.05, 0) is 18.4 Å². The second-order valence-electron chi connectivity index (χ2n) is 6.19. The van der Waals surface area contributed by atoms with Gasteiger partial charge >= 0.3 is 6.03 Å². The van der Waals surface area contributed by atoms with Crippen LogP contribution in [-0.2, 0) is 0 Å². The summed E-state index contributed by atoms with van der Waals surface area (Å²) in [6.07, 6.45) is 3.89. The number of carbonyl (C=O) groups excluding carboxylic acids is 2. The van der Waals surface area contributed by atoms with Gasteiger partial charge in [-0.3, -0.25) is 9.20 Å². The first kappa shape index (κ1) is 17.0. The first-order valence-corrected chi connectivity index (χ1v) is 10.2. The van der Waals surface area contributed by atoms with E-state index < -0.39 is 0 Å². The maximum absolute atomic E-state index is 12.5. The second kappa shape index (κ2) is 7.08. The quantitative estimate of drug-likeness (QED) is 0.749. The third-order valence-electron chi connectivity index (χ3n) is 4.48. The summed E-state index contributed by atoms with van der Waals surface area (Å²) in [5, 5.41) is 6.88. The van der Waals surface area contributed by atoms with E-state index in [1.165, 1.54) is 11.3 Å². The number of nitrogens with one attached hydrogen (secondary N) is 1. The van der Waals surface area contributed by atoms with Crippen molar-refractivity contribution in [3.63, 3.8) is 0 Å². The third kappa shape index (κ3) is 3.32. The molecule has 0 saturated carbocycles. The minimum absolute atomic E-state index is 0.0477. The Morgan fingerprint density at radius 2 is 1.92 bits per heavy atom. The van der Waals surface area contributed by atoms with Crippen LogP contribution in [0.3, 0.4) is 0 Å². The van der Waals surface area contributed by atoms with Crippen molar-refractivity contribution >= 4 is 39.6 Å². The number of imidazole rings is 1. The number of thiazole rings is 1. The summed E-state index contributed by atoms with van der Waals surface area (Å²) in [6, 6.07) is 3.43. The van der Waals surface area contributed by atoms with Crippen LogP contribution in [-0.4, -0.2) is 57.3 Å². The average Bonchev–Trinajstić information content (AvgIpc) is 3.37. The number of hydrogen-bond acceptors (Lipinski definition) is 5. The summed E-state index contributed by atoms with van der Waals surface area (Å²) in [5.41, 5.74) is 0.844. The molecule has 4 heterocycles. The summed E-state index contributed by atoms with van der Waals surface area (Å²) < 4.78 is 1.96. The molecule has 9 heteroatoms. The first-order chi connectivity index (χ1) is 12.6. The van der Waals surface area contributed by atoms with Crippen LogP contribution in [0, 0.1) is 0 Å². The molecule has 26 heavy (non-hydrogen) atoms. The lowest BCUT2D eigenvalue weighted by atomic mass is 10.2. The van der Waals surface area contributed by atoms with Crippen molar-refractivity contribution in [2.75, 3.05) is 26.2 Å². The summed E-state index contributed by atoms with van der Waals surface area (Å²) in [4.78, 5) is 34.7. The summed E-state index contributed by atoms with van der Waals surface area (Å²) in [7, 11) is 0. The van der Waals surface area contributed by atoms with E-state index in [0.29, 0.717) is 26.2 Å². The summed E-state index contributed by atoms with van der Waals surface area (Å²) in [6.45, 7) is 4.11. The van der Waals surface area contributed by atoms with Crippen molar-refractivity contribution in [1.82, 2.24) is 24.5 Å². The predicted molar refractivity (Wildman–Crippen MR) is 102 cm³/mol. The van der Waals surface area contributed by atoms with Gasteiger partial charge in [-0.15, -0.1) is 22.7 Å². The SMILES string of the molecule is CC(NC(=O)N1CCN(C(=O)c2cccs2)CC1)c1cn2ccsc2n1. The molecule has 1 N–H and O–H groups in total. The van der Waals surface area contributed by atoms with Gasteiger partial charge in [0.25, 0.3) is 5.91 Å². The zero-order valence-electron chi connectivity index (χ0n) is 14.3. The minimum atomic E-state index is -0.166. The zero-order valence-corrected chi connectivity index (χ0v) is 15.9. The van der Waals surface area contributed by atoms with Gasteiger partial charge in [0.05, 0.1) is 16.6 Å². The molecular formula is C17H19N5O2S2. The fourth-order valence-electron chi connectivity index (χ4n) is 2.97. The maximum atomic E-state index is 12.5. The lowest BCUT2D eigenvalue weighted by Crippen LogP contribution is -2.53. The Kier molecular flexibility index (Phi) is 4.64. The largest absolute Gasteiger partial charge is 0.334 e. The minimum Gasteiger partial charge on any atom is -0.334 e. The van der Waals surface area contributed by atoms with E-state index in [2.05, 4.69) is 10.3 Å². The highest BCUT2D eigenvalue weighted by Gasteiger charge is 2.26. The van der Waals surface area contributed by atoms with E-state index in [9.17, 15) is 9.59 Å². The zero-order chi connectivity index (χ0) is 18.1. The Balaban J connectivity index is 1.32. The summed E-state index contributed by atoms with van der Waals surface area (Å²) in [5.74, 6) is 0.0477. The molecule has 4 rings (SSSR count).